The first-order valence-electron chi connectivity index (χ1n) is 12.7. The predicted molar refractivity (Wildman–Crippen MR) is 142 cm³/mol. The van der Waals surface area contributed by atoms with E-state index in [9.17, 15) is 9.59 Å². The average molecular weight is 536 g/mol. The van der Waals surface area contributed by atoms with Crippen molar-refractivity contribution in [2.24, 2.45) is 5.92 Å². The molecule has 0 atom stereocenters. The third-order valence-corrected chi connectivity index (χ3v) is 9.43. The van der Waals surface area contributed by atoms with E-state index >= 15 is 0 Å². The highest BCUT2D eigenvalue weighted by Gasteiger charge is 2.31. The SMILES string of the molecule is O=C(c1csc(C2CCN(C(=O)C3CCCCC3)CC2)n1)N1CCN(c2ccc(Cl)c(Cl)c2)CC1. The molecule has 35 heavy (non-hydrogen) atoms. The Labute approximate surface area is 221 Å². The van der Waals surface area contributed by atoms with Gasteiger partial charge in [-0.1, -0.05) is 42.5 Å². The number of carbonyl (C=O) groups excluding carboxylic acids is 2. The molecule has 1 aromatic heterocycles. The number of hydrogen-bond donors (Lipinski definition) is 0. The van der Waals surface area contributed by atoms with Crippen molar-refractivity contribution in [3.63, 3.8) is 0 Å². The van der Waals surface area contributed by atoms with Gasteiger partial charge in [-0.3, -0.25) is 9.59 Å². The first kappa shape index (κ1) is 24.8. The molecule has 9 heteroatoms. The maximum Gasteiger partial charge on any atom is 0.273 e. The average Bonchev–Trinajstić information content (AvgIpc) is 3.40. The summed E-state index contributed by atoms with van der Waals surface area (Å²) in [7, 11) is 0. The van der Waals surface area contributed by atoms with Crippen LogP contribution in [0.4, 0.5) is 5.69 Å². The molecule has 6 nitrogen and oxygen atoms in total. The van der Waals surface area contributed by atoms with Crippen molar-refractivity contribution >= 4 is 52.0 Å². The Morgan fingerprint density at radius 3 is 2.26 bits per heavy atom. The van der Waals surface area contributed by atoms with E-state index in [-0.39, 0.29) is 11.8 Å². The summed E-state index contributed by atoms with van der Waals surface area (Å²) in [6.07, 6.45) is 7.62. The maximum atomic E-state index is 13.1. The summed E-state index contributed by atoms with van der Waals surface area (Å²) in [5.74, 6) is 0.939. The number of piperazine rings is 1. The van der Waals surface area contributed by atoms with Gasteiger partial charge in [0.15, 0.2) is 0 Å². The zero-order valence-corrected chi connectivity index (χ0v) is 22.3. The van der Waals surface area contributed by atoms with Gasteiger partial charge in [0, 0.05) is 62.2 Å². The van der Waals surface area contributed by atoms with Crippen LogP contribution in [0.3, 0.4) is 0 Å². The summed E-state index contributed by atoms with van der Waals surface area (Å²) in [4.78, 5) is 36.9. The van der Waals surface area contributed by atoms with Crippen LogP contribution in [0.2, 0.25) is 10.0 Å². The fourth-order valence-electron chi connectivity index (χ4n) is 5.54. The molecule has 3 heterocycles. The van der Waals surface area contributed by atoms with Crippen LogP contribution in [0.25, 0.3) is 0 Å². The van der Waals surface area contributed by atoms with Crippen molar-refractivity contribution in [1.29, 1.82) is 0 Å². The highest BCUT2D eigenvalue weighted by atomic mass is 35.5. The van der Waals surface area contributed by atoms with Crippen LogP contribution in [-0.2, 0) is 4.79 Å². The fraction of sp³-hybridized carbons (Fsp3) is 0.577. The first-order valence-corrected chi connectivity index (χ1v) is 14.4. The second kappa shape index (κ2) is 11.1. The minimum atomic E-state index is 0.00574. The molecule has 1 aliphatic carbocycles. The number of benzene rings is 1. The van der Waals surface area contributed by atoms with E-state index in [1.807, 2.05) is 28.5 Å². The molecule has 3 fully saturated rings. The number of halogens is 2. The van der Waals surface area contributed by atoms with E-state index < -0.39 is 0 Å². The molecule has 2 saturated heterocycles. The van der Waals surface area contributed by atoms with Gasteiger partial charge in [-0.25, -0.2) is 4.98 Å². The molecule has 1 saturated carbocycles. The number of thiazole rings is 1. The minimum Gasteiger partial charge on any atom is -0.368 e. The van der Waals surface area contributed by atoms with Gasteiger partial charge in [-0.15, -0.1) is 11.3 Å². The number of amides is 2. The molecular formula is C26H32Cl2N4O2S. The van der Waals surface area contributed by atoms with Crippen LogP contribution in [0, 0.1) is 5.92 Å². The van der Waals surface area contributed by atoms with Crippen LogP contribution >= 0.6 is 34.5 Å². The summed E-state index contributed by atoms with van der Waals surface area (Å²) in [6, 6.07) is 5.65. The van der Waals surface area contributed by atoms with Gasteiger partial charge in [0.25, 0.3) is 5.91 Å². The second-order valence-electron chi connectivity index (χ2n) is 9.88. The summed E-state index contributed by atoms with van der Waals surface area (Å²) in [5, 5.41) is 4.03. The van der Waals surface area contributed by atoms with Crippen molar-refractivity contribution < 1.29 is 9.59 Å². The molecule has 0 N–H and O–H groups in total. The molecule has 2 aromatic rings. The van der Waals surface area contributed by atoms with Gasteiger partial charge in [0.2, 0.25) is 5.91 Å². The van der Waals surface area contributed by atoms with E-state index in [0.717, 1.165) is 62.6 Å². The Morgan fingerprint density at radius 2 is 1.57 bits per heavy atom. The van der Waals surface area contributed by atoms with Gasteiger partial charge in [0.1, 0.15) is 5.69 Å². The Bertz CT molecular complexity index is 1060. The van der Waals surface area contributed by atoms with Crippen molar-refractivity contribution in [3.05, 3.63) is 44.3 Å². The van der Waals surface area contributed by atoms with Gasteiger partial charge in [0.05, 0.1) is 15.1 Å². The normalized spacial score (nSPS) is 20.3. The molecule has 0 bridgehead atoms. The Hall–Kier alpha value is -1.83. The van der Waals surface area contributed by atoms with Gasteiger partial charge in [-0.2, -0.15) is 0 Å². The van der Waals surface area contributed by atoms with Crippen LogP contribution in [0.1, 0.15) is 66.4 Å². The van der Waals surface area contributed by atoms with E-state index in [1.165, 1.54) is 19.3 Å². The zero-order chi connectivity index (χ0) is 24.4. The lowest BCUT2D eigenvalue weighted by molar-refractivity contribution is -0.137. The number of likely N-dealkylation sites (tertiary alicyclic amines) is 1. The summed E-state index contributed by atoms with van der Waals surface area (Å²) in [5.41, 5.74) is 1.57. The summed E-state index contributed by atoms with van der Waals surface area (Å²) in [6.45, 7) is 4.39. The Kier molecular flexibility index (Phi) is 7.85. The molecule has 188 valence electrons. The minimum absolute atomic E-state index is 0.00574. The van der Waals surface area contributed by atoms with E-state index in [2.05, 4.69) is 9.80 Å². The number of hydrogen-bond acceptors (Lipinski definition) is 5. The van der Waals surface area contributed by atoms with E-state index in [4.69, 9.17) is 28.2 Å². The molecular weight excluding hydrogens is 503 g/mol. The number of anilines is 1. The van der Waals surface area contributed by atoms with Crippen molar-refractivity contribution in [2.75, 3.05) is 44.2 Å². The molecule has 0 spiro atoms. The molecule has 3 aliphatic rings. The lowest BCUT2D eigenvalue weighted by Gasteiger charge is -2.36. The molecule has 2 aliphatic heterocycles. The van der Waals surface area contributed by atoms with Crippen molar-refractivity contribution in [1.82, 2.24) is 14.8 Å². The van der Waals surface area contributed by atoms with Crippen molar-refractivity contribution in [2.45, 2.75) is 50.9 Å². The third-order valence-electron chi connectivity index (χ3n) is 7.69. The number of carbonyl (C=O) groups is 2. The number of aromatic nitrogens is 1. The molecule has 5 rings (SSSR count). The Balaban J connectivity index is 1.12. The highest BCUT2D eigenvalue weighted by molar-refractivity contribution is 7.09. The predicted octanol–water partition coefficient (Wildman–Crippen LogP) is 5.70. The van der Waals surface area contributed by atoms with Gasteiger partial charge >= 0.3 is 0 Å². The summed E-state index contributed by atoms with van der Waals surface area (Å²) >= 11 is 13.8. The van der Waals surface area contributed by atoms with Crippen LogP contribution in [0.5, 0.6) is 0 Å². The van der Waals surface area contributed by atoms with E-state index in [0.29, 0.717) is 40.7 Å². The standard InChI is InChI=1S/C26H32Cl2N4O2S/c27-21-7-6-20(16-22(21)28)30-12-14-32(15-13-30)26(34)23-17-35-24(29-23)18-8-10-31(11-9-18)25(33)19-4-2-1-3-5-19/h6-7,16-19H,1-5,8-15H2. The Morgan fingerprint density at radius 1 is 0.857 bits per heavy atom. The molecule has 1 aromatic carbocycles. The van der Waals surface area contributed by atoms with Crippen molar-refractivity contribution in [3.8, 4) is 0 Å². The van der Waals surface area contributed by atoms with Crippen LogP contribution < -0.4 is 4.90 Å². The number of nitrogens with zero attached hydrogens (tertiary/aromatic N) is 4. The quantitative estimate of drug-likeness (QED) is 0.504. The fourth-order valence-corrected chi connectivity index (χ4v) is 6.80. The van der Waals surface area contributed by atoms with E-state index in [1.54, 1.807) is 11.3 Å². The monoisotopic (exact) mass is 534 g/mol. The van der Waals surface area contributed by atoms with Crippen LogP contribution in [-0.4, -0.2) is 65.9 Å². The molecule has 2 amide bonds. The van der Waals surface area contributed by atoms with Crippen LogP contribution in [0.15, 0.2) is 23.6 Å². The summed E-state index contributed by atoms with van der Waals surface area (Å²) < 4.78 is 0. The lowest BCUT2D eigenvalue weighted by Crippen LogP contribution is -2.48. The number of piperidine rings is 1. The second-order valence-corrected chi connectivity index (χ2v) is 11.6. The molecule has 0 unspecified atom stereocenters. The lowest BCUT2D eigenvalue weighted by atomic mass is 9.87. The van der Waals surface area contributed by atoms with Gasteiger partial charge in [-0.05, 0) is 43.9 Å². The largest absolute Gasteiger partial charge is 0.368 e. The van der Waals surface area contributed by atoms with Gasteiger partial charge < -0.3 is 14.7 Å². The first-order chi connectivity index (χ1) is 17.0. The molecule has 0 radical (unpaired) electrons. The maximum absolute atomic E-state index is 13.1. The number of rotatable bonds is 4. The zero-order valence-electron chi connectivity index (χ0n) is 19.9. The topological polar surface area (TPSA) is 56.8 Å². The highest BCUT2D eigenvalue weighted by Crippen LogP contribution is 2.33. The third kappa shape index (κ3) is 5.62. The smallest absolute Gasteiger partial charge is 0.273 e.